The van der Waals surface area contributed by atoms with Gasteiger partial charge in [-0.2, -0.15) is 0 Å². The fourth-order valence-electron chi connectivity index (χ4n) is 6.92. The standard InChI is InChI=1S/C30H49N3O2/c1-23-20-33(21-24(2)35-23)27-5-6-29(28(19-27)26-7-11-30(3,4)12-8-26)32-15-13-31(14-16-32)22-25-9-17-34-18-10-25/h5-6,19,23-26H,7-18,20-22H2,1-4H3/t23-,24+. The fourth-order valence-corrected chi connectivity index (χ4v) is 6.92. The lowest BCUT2D eigenvalue weighted by atomic mass is 9.71. The normalized spacial score (nSPS) is 29.5. The highest BCUT2D eigenvalue weighted by Crippen LogP contribution is 2.46. The van der Waals surface area contributed by atoms with Crippen molar-refractivity contribution in [2.75, 3.05) is 68.8 Å². The van der Waals surface area contributed by atoms with Gasteiger partial charge in [-0.15, -0.1) is 0 Å². The van der Waals surface area contributed by atoms with Crippen molar-refractivity contribution in [1.82, 2.24) is 4.90 Å². The molecule has 35 heavy (non-hydrogen) atoms. The van der Waals surface area contributed by atoms with Crippen molar-refractivity contribution in [3.8, 4) is 0 Å². The number of hydrogen-bond acceptors (Lipinski definition) is 5. The van der Waals surface area contributed by atoms with E-state index in [9.17, 15) is 0 Å². The topological polar surface area (TPSA) is 28.2 Å². The Labute approximate surface area is 214 Å². The third kappa shape index (κ3) is 6.34. The first kappa shape index (κ1) is 25.4. The minimum atomic E-state index is 0.293. The van der Waals surface area contributed by atoms with Crippen molar-refractivity contribution >= 4 is 11.4 Å². The van der Waals surface area contributed by atoms with Crippen LogP contribution in [0.1, 0.15) is 77.7 Å². The Morgan fingerprint density at radius 2 is 1.51 bits per heavy atom. The van der Waals surface area contributed by atoms with E-state index in [0.29, 0.717) is 23.5 Å². The van der Waals surface area contributed by atoms with Crippen molar-refractivity contribution in [2.24, 2.45) is 11.3 Å². The van der Waals surface area contributed by atoms with E-state index in [1.54, 1.807) is 5.56 Å². The summed E-state index contributed by atoms with van der Waals surface area (Å²) in [5.74, 6) is 1.52. The molecule has 5 nitrogen and oxygen atoms in total. The number of rotatable bonds is 5. The molecule has 5 rings (SSSR count). The van der Waals surface area contributed by atoms with Gasteiger partial charge in [0.2, 0.25) is 0 Å². The molecule has 1 saturated carbocycles. The summed E-state index contributed by atoms with van der Waals surface area (Å²) in [5, 5.41) is 0. The van der Waals surface area contributed by atoms with Crippen LogP contribution in [0.3, 0.4) is 0 Å². The molecule has 3 aliphatic heterocycles. The second-order valence-corrected chi connectivity index (χ2v) is 12.7. The first-order valence-corrected chi connectivity index (χ1v) is 14.5. The largest absolute Gasteiger partial charge is 0.381 e. The van der Waals surface area contributed by atoms with Crippen LogP contribution in [0.5, 0.6) is 0 Å². The molecule has 5 heteroatoms. The summed E-state index contributed by atoms with van der Waals surface area (Å²) in [7, 11) is 0. The van der Waals surface area contributed by atoms with Gasteiger partial charge in [0.25, 0.3) is 0 Å². The number of ether oxygens (including phenoxy) is 2. The van der Waals surface area contributed by atoms with Crippen LogP contribution >= 0.6 is 0 Å². The van der Waals surface area contributed by atoms with Crippen LogP contribution in [0.4, 0.5) is 11.4 Å². The summed E-state index contributed by atoms with van der Waals surface area (Å²) >= 11 is 0. The molecule has 1 aromatic rings. The zero-order valence-corrected chi connectivity index (χ0v) is 22.8. The Bertz CT molecular complexity index is 809. The zero-order chi connectivity index (χ0) is 24.4. The molecule has 4 aliphatic rings. The van der Waals surface area contributed by atoms with Crippen molar-refractivity contribution in [3.05, 3.63) is 23.8 Å². The third-order valence-corrected chi connectivity index (χ3v) is 9.15. The number of benzene rings is 1. The lowest BCUT2D eigenvalue weighted by Gasteiger charge is -2.42. The van der Waals surface area contributed by atoms with Gasteiger partial charge in [0.1, 0.15) is 0 Å². The van der Waals surface area contributed by atoms with Crippen LogP contribution in [0.15, 0.2) is 18.2 Å². The highest BCUT2D eigenvalue weighted by Gasteiger charge is 2.32. The molecule has 0 spiro atoms. The first-order valence-electron chi connectivity index (χ1n) is 14.5. The van der Waals surface area contributed by atoms with E-state index in [4.69, 9.17) is 9.47 Å². The lowest BCUT2D eigenvalue weighted by molar-refractivity contribution is -0.00522. The van der Waals surface area contributed by atoms with Crippen molar-refractivity contribution in [3.63, 3.8) is 0 Å². The van der Waals surface area contributed by atoms with E-state index < -0.39 is 0 Å². The second kappa shape index (κ2) is 11.0. The van der Waals surface area contributed by atoms with Crippen LogP contribution in [0.2, 0.25) is 0 Å². The first-order chi connectivity index (χ1) is 16.9. The van der Waals surface area contributed by atoms with Gasteiger partial charge in [-0.05, 0) is 93.4 Å². The van der Waals surface area contributed by atoms with Gasteiger partial charge >= 0.3 is 0 Å². The van der Waals surface area contributed by atoms with E-state index in [0.717, 1.165) is 45.3 Å². The van der Waals surface area contributed by atoms with Crippen LogP contribution in [-0.4, -0.2) is 76.1 Å². The Morgan fingerprint density at radius 1 is 0.857 bits per heavy atom. The highest BCUT2D eigenvalue weighted by molar-refractivity contribution is 5.64. The molecular weight excluding hydrogens is 434 g/mol. The number of hydrogen-bond donors (Lipinski definition) is 0. The Morgan fingerprint density at radius 3 is 2.17 bits per heavy atom. The summed E-state index contributed by atoms with van der Waals surface area (Å²) < 4.78 is 11.6. The smallest absolute Gasteiger partial charge is 0.0726 e. The molecule has 3 heterocycles. The molecule has 2 atom stereocenters. The molecule has 0 bridgehead atoms. The second-order valence-electron chi connectivity index (χ2n) is 12.7. The maximum absolute atomic E-state index is 6.03. The van der Waals surface area contributed by atoms with Gasteiger partial charge in [-0.25, -0.2) is 0 Å². The molecule has 1 aromatic carbocycles. The zero-order valence-electron chi connectivity index (χ0n) is 22.8. The van der Waals surface area contributed by atoms with Gasteiger partial charge in [-0.3, -0.25) is 4.90 Å². The predicted octanol–water partition coefficient (Wildman–Crippen LogP) is 5.53. The van der Waals surface area contributed by atoms with E-state index in [-0.39, 0.29) is 0 Å². The van der Waals surface area contributed by atoms with Gasteiger partial charge in [0.05, 0.1) is 12.2 Å². The van der Waals surface area contributed by atoms with Gasteiger partial charge in [0, 0.05) is 70.4 Å². The lowest BCUT2D eigenvalue weighted by Crippen LogP contribution is -2.48. The molecule has 4 fully saturated rings. The van der Waals surface area contributed by atoms with E-state index in [1.807, 2.05) is 0 Å². The average Bonchev–Trinajstić information content (AvgIpc) is 2.84. The Hall–Kier alpha value is -1.30. The number of nitrogens with zero attached hydrogens (tertiary/aromatic N) is 3. The predicted molar refractivity (Wildman–Crippen MR) is 146 cm³/mol. The molecule has 3 saturated heterocycles. The molecule has 0 unspecified atom stereocenters. The molecule has 0 radical (unpaired) electrons. The molecule has 196 valence electrons. The monoisotopic (exact) mass is 483 g/mol. The summed E-state index contributed by atoms with van der Waals surface area (Å²) in [4.78, 5) is 7.97. The van der Waals surface area contributed by atoms with Gasteiger partial charge < -0.3 is 19.3 Å². The van der Waals surface area contributed by atoms with Gasteiger partial charge in [-0.1, -0.05) is 13.8 Å². The summed E-state index contributed by atoms with van der Waals surface area (Å²) in [6.45, 7) is 19.2. The SMILES string of the molecule is C[C@@H]1CN(c2ccc(N3CCN(CC4CCOCC4)CC3)c(C3CCC(C)(C)CC3)c2)C[C@H](C)O1. The van der Waals surface area contributed by atoms with Crippen LogP contribution in [-0.2, 0) is 9.47 Å². The maximum Gasteiger partial charge on any atom is 0.0726 e. The molecular formula is C30H49N3O2. The molecule has 0 aromatic heterocycles. The maximum atomic E-state index is 6.03. The quantitative estimate of drug-likeness (QED) is 0.549. The third-order valence-electron chi connectivity index (χ3n) is 9.15. The minimum Gasteiger partial charge on any atom is -0.381 e. The highest BCUT2D eigenvalue weighted by atomic mass is 16.5. The fraction of sp³-hybridized carbons (Fsp3) is 0.800. The summed E-state index contributed by atoms with van der Waals surface area (Å²) in [6.07, 6.45) is 8.39. The molecule has 0 amide bonds. The number of piperazine rings is 1. The Balaban J connectivity index is 1.31. The van der Waals surface area contributed by atoms with Crippen molar-refractivity contribution < 1.29 is 9.47 Å². The number of morpholine rings is 1. The average molecular weight is 484 g/mol. The van der Waals surface area contributed by atoms with E-state index in [2.05, 4.69) is 60.6 Å². The van der Waals surface area contributed by atoms with Crippen molar-refractivity contribution in [2.45, 2.75) is 84.3 Å². The Kier molecular flexibility index (Phi) is 7.96. The number of anilines is 2. The van der Waals surface area contributed by atoms with E-state index in [1.165, 1.54) is 69.5 Å². The summed E-state index contributed by atoms with van der Waals surface area (Å²) in [6, 6.07) is 7.42. The van der Waals surface area contributed by atoms with E-state index >= 15 is 0 Å². The van der Waals surface area contributed by atoms with Crippen LogP contribution in [0.25, 0.3) is 0 Å². The molecule has 0 N–H and O–H groups in total. The van der Waals surface area contributed by atoms with Crippen molar-refractivity contribution in [1.29, 1.82) is 0 Å². The summed E-state index contributed by atoms with van der Waals surface area (Å²) in [5.41, 5.74) is 5.02. The van der Waals surface area contributed by atoms with Crippen LogP contribution in [0, 0.1) is 11.3 Å². The van der Waals surface area contributed by atoms with Crippen LogP contribution < -0.4 is 9.80 Å². The minimum absolute atomic E-state index is 0.293. The molecule has 1 aliphatic carbocycles. The van der Waals surface area contributed by atoms with Gasteiger partial charge in [0.15, 0.2) is 0 Å².